The zero-order valence-electron chi connectivity index (χ0n) is 12.1. The molecule has 1 amide bonds. The van der Waals surface area contributed by atoms with Gasteiger partial charge in [-0.3, -0.25) is 4.79 Å². The largest absolute Gasteiger partial charge is 0.394 e. The van der Waals surface area contributed by atoms with E-state index in [4.69, 9.17) is 5.73 Å². The number of carbonyl (C=O) groups is 1. The molecule has 6 nitrogen and oxygen atoms in total. The van der Waals surface area contributed by atoms with Gasteiger partial charge in [0.15, 0.2) is 0 Å². The smallest absolute Gasteiger partial charge is 0.268 e. The fourth-order valence-corrected chi connectivity index (χ4v) is 2.62. The first-order valence-electron chi connectivity index (χ1n) is 7.17. The molecular weight excluding hydrogens is 280 g/mol. The van der Waals surface area contributed by atoms with Gasteiger partial charge in [-0.1, -0.05) is 18.2 Å². The number of aliphatic hydroxyl groups excluding tert-OH is 1. The Labute approximate surface area is 127 Å². The molecule has 0 aliphatic carbocycles. The molecular formula is C16H18N4O2. The van der Waals surface area contributed by atoms with Gasteiger partial charge < -0.3 is 20.0 Å². The Hall–Kier alpha value is -2.60. The van der Waals surface area contributed by atoms with Gasteiger partial charge >= 0.3 is 0 Å². The molecule has 2 heterocycles. The molecule has 3 rings (SSSR count). The van der Waals surface area contributed by atoms with Crippen LogP contribution in [0.15, 0.2) is 49.1 Å². The third-order valence-corrected chi connectivity index (χ3v) is 3.87. The van der Waals surface area contributed by atoms with E-state index in [1.807, 2.05) is 18.3 Å². The van der Waals surface area contributed by atoms with Gasteiger partial charge in [-0.05, 0) is 23.9 Å². The minimum atomic E-state index is -0.563. The maximum absolute atomic E-state index is 11.1. The molecule has 1 unspecified atom stereocenters. The maximum Gasteiger partial charge on any atom is 0.268 e. The van der Waals surface area contributed by atoms with Gasteiger partial charge in [0.2, 0.25) is 0 Å². The molecule has 1 aromatic carbocycles. The van der Waals surface area contributed by atoms with Gasteiger partial charge in [0.05, 0.1) is 19.0 Å². The number of aryl methyl sites for hydroxylation is 1. The fraction of sp³-hybridized carbons (Fsp3) is 0.250. The Morgan fingerprint density at radius 1 is 1.32 bits per heavy atom. The van der Waals surface area contributed by atoms with E-state index in [-0.39, 0.29) is 18.3 Å². The zero-order chi connectivity index (χ0) is 15.5. The number of fused-ring (bicyclic) bond motifs is 1. The minimum Gasteiger partial charge on any atom is -0.394 e. The van der Waals surface area contributed by atoms with Crippen LogP contribution in [0.4, 0.5) is 0 Å². The maximum atomic E-state index is 11.1. The summed E-state index contributed by atoms with van der Waals surface area (Å²) in [5.41, 5.74) is 6.58. The van der Waals surface area contributed by atoms with Gasteiger partial charge in [-0.15, -0.1) is 0 Å². The lowest BCUT2D eigenvalue weighted by atomic mass is 10.2. The van der Waals surface area contributed by atoms with Crippen LogP contribution >= 0.6 is 0 Å². The summed E-state index contributed by atoms with van der Waals surface area (Å²) < 4.78 is 3.90. The number of aromatic nitrogens is 3. The lowest BCUT2D eigenvalue weighted by Gasteiger charge is -2.16. The van der Waals surface area contributed by atoms with Crippen molar-refractivity contribution in [1.82, 2.24) is 14.1 Å². The average Bonchev–Trinajstić information content (AvgIpc) is 3.15. The van der Waals surface area contributed by atoms with Gasteiger partial charge in [-0.25, -0.2) is 4.98 Å². The number of imidazole rings is 1. The molecule has 0 radical (unpaired) electrons. The van der Waals surface area contributed by atoms with Gasteiger partial charge in [-0.2, -0.15) is 0 Å². The third kappa shape index (κ3) is 2.73. The normalized spacial score (nSPS) is 12.6. The van der Waals surface area contributed by atoms with Crippen molar-refractivity contribution < 1.29 is 9.90 Å². The van der Waals surface area contributed by atoms with E-state index in [1.165, 1.54) is 17.2 Å². The third-order valence-electron chi connectivity index (χ3n) is 3.87. The van der Waals surface area contributed by atoms with Crippen molar-refractivity contribution in [1.29, 1.82) is 0 Å². The number of hydrogen-bond donors (Lipinski definition) is 2. The van der Waals surface area contributed by atoms with Gasteiger partial charge in [0, 0.05) is 24.5 Å². The SMILES string of the molecule is NC(=O)c1cn(C(CO)CCn2ccc3ccccc32)cn1. The van der Waals surface area contributed by atoms with E-state index in [1.54, 1.807) is 10.8 Å². The summed E-state index contributed by atoms with van der Waals surface area (Å²) in [6.07, 6.45) is 5.89. The van der Waals surface area contributed by atoms with Crippen LogP contribution in [0.1, 0.15) is 23.0 Å². The number of benzene rings is 1. The first kappa shape index (κ1) is 14.3. The monoisotopic (exact) mass is 298 g/mol. The van der Waals surface area contributed by atoms with Crippen molar-refractivity contribution in [2.75, 3.05) is 6.61 Å². The first-order valence-corrected chi connectivity index (χ1v) is 7.17. The Bertz CT molecular complexity index is 790. The number of primary amides is 1. The molecule has 0 bridgehead atoms. The number of rotatable bonds is 6. The molecule has 1 atom stereocenters. The van der Waals surface area contributed by atoms with Crippen LogP contribution in [0.25, 0.3) is 10.9 Å². The summed E-state index contributed by atoms with van der Waals surface area (Å²) in [7, 11) is 0. The highest BCUT2D eigenvalue weighted by atomic mass is 16.3. The number of aliphatic hydroxyl groups is 1. The average molecular weight is 298 g/mol. The van der Waals surface area contributed by atoms with E-state index in [0.717, 1.165) is 13.0 Å². The van der Waals surface area contributed by atoms with Crippen LogP contribution in [-0.4, -0.2) is 31.7 Å². The Morgan fingerprint density at radius 3 is 2.86 bits per heavy atom. The van der Waals surface area contributed by atoms with E-state index >= 15 is 0 Å². The van der Waals surface area contributed by atoms with Crippen molar-refractivity contribution >= 4 is 16.8 Å². The summed E-state index contributed by atoms with van der Waals surface area (Å²) in [5, 5.41) is 10.8. The van der Waals surface area contributed by atoms with Crippen LogP contribution in [0, 0.1) is 0 Å². The highest BCUT2D eigenvalue weighted by Gasteiger charge is 2.13. The minimum absolute atomic E-state index is 0.0201. The highest BCUT2D eigenvalue weighted by molar-refractivity contribution is 5.90. The lowest BCUT2D eigenvalue weighted by Crippen LogP contribution is -2.15. The van der Waals surface area contributed by atoms with E-state index in [2.05, 4.69) is 27.8 Å². The number of hydrogen-bond acceptors (Lipinski definition) is 3. The second kappa shape index (κ2) is 6.03. The first-order chi connectivity index (χ1) is 10.7. The molecule has 2 aromatic heterocycles. The molecule has 0 spiro atoms. The molecule has 0 saturated carbocycles. The fourth-order valence-electron chi connectivity index (χ4n) is 2.62. The lowest BCUT2D eigenvalue weighted by molar-refractivity contribution is 0.0995. The Kier molecular flexibility index (Phi) is 3.93. The van der Waals surface area contributed by atoms with Crippen molar-refractivity contribution in [2.24, 2.45) is 5.73 Å². The van der Waals surface area contributed by atoms with Crippen molar-refractivity contribution in [3.05, 3.63) is 54.7 Å². The molecule has 3 aromatic rings. The number of nitrogens with zero attached hydrogens (tertiary/aromatic N) is 3. The molecule has 0 aliphatic heterocycles. The van der Waals surface area contributed by atoms with Crippen molar-refractivity contribution in [3.63, 3.8) is 0 Å². The summed E-state index contributed by atoms with van der Waals surface area (Å²) in [5.74, 6) is -0.563. The molecule has 3 N–H and O–H groups in total. The van der Waals surface area contributed by atoms with Crippen LogP contribution < -0.4 is 5.73 Å². The van der Waals surface area contributed by atoms with Crippen molar-refractivity contribution in [2.45, 2.75) is 19.0 Å². The summed E-state index contributed by atoms with van der Waals surface area (Å²) in [6, 6.07) is 10.1. The second-order valence-corrected chi connectivity index (χ2v) is 5.26. The predicted molar refractivity (Wildman–Crippen MR) is 83.4 cm³/mol. The molecule has 0 fully saturated rings. The highest BCUT2D eigenvalue weighted by Crippen LogP contribution is 2.18. The standard InChI is InChI=1S/C16H18N4O2/c17-16(22)14-9-20(11-18-14)13(10-21)6-8-19-7-5-12-3-1-2-4-15(12)19/h1-5,7,9,11,13,21H,6,8,10H2,(H2,17,22). The van der Waals surface area contributed by atoms with Crippen LogP contribution in [0.3, 0.4) is 0 Å². The number of carbonyl (C=O) groups excluding carboxylic acids is 1. The molecule has 6 heteroatoms. The number of amides is 1. The van der Waals surface area contributed by atoms with Gasteiger partial charge in [0.25, 0.3) is 5.91 Å². The quantitative estimate of drug-likeness (QED) is 0.724. The zero-order valence-corrected chi connectivity index (χ0v) is 12.1. The van der Waals surface area contributed by atoms with Gasteiger partial charge in [0.1, 0.15) is 5.69 Å². The van der Waals surface area contributed by atoms with Crippen LogP contribution in [0.2, 0.25) is 0 Å². The summed E-state index contributed by atoms with van der Waals surface area (Å²) >= 11 is 0. The summed E-state index contributed by atoms with van der Waals surface area (Å²) in [6.45, 7) is 0.747. The molecule has 22 heavy (non-hydrogen) atoms. The second-order valence-electron chi connectivity index (χ2n) is 5.26. The Balaban J connectivity index is 1.74. The summed E-state index contributed by atoms with van der Waals surface area (Å²) in [4.78, 5) is 15.0. The van der Waals surface area contributed by atoms with E-state index in [0.29, 0.717) is 0 Å². The number of nitrogens with two attached hydrogens (primary N) is 1. The Morgan fingerprint density at radius 2 is 2.14 bits per heavy atom. The van der Waals surface area contributed by atoms with Crippen LogP contribution in [0.5, 0.6) is 0 Å². The molecule has 0 saturated heterocycles. The van der Waals surface area contributed by atoms with E-state index < -0.39 is 5.91 Å². The molecule has 0 aliphatic rings. The van der Waals surface area contributed by atoms with Crippen molar-refractivity contribution in [3.8, 4) is 0 Å². The predicted octanol–water partition coefficient (Wildman–Crippen LogP) is 1.56. The van der Waals surface area contributed by atoms with E-state index in [9.17, 15) is 9.90 Å². The number of para-hydroxylation sites is 1. The van der Waals surface area contributed by atoms with Crippen LogP contribution in [-0.2, 0) is 6.54 Å². The molecule has 114 valence electrons. The topological polar surface area (TPSA) is 86.1 Å².